The first-order valence-electron chi connectivity index (χ1n) is 20.8. The van der Waals surface area contributed by atoms with Crippen molar-refractivity contribution < 1.29 is 39.5 Å². The number of rotatable bonds is 18. The minimum Gasteiger partial charge on any atom is -0.394 e. The van der Waals surface area contributed by atoms with E-state index in [1.165, 1.54) is 15.7 Å². The Hall–Kier alpha value is -4.87. The van der Waals surface area contributed by atoms with E-state index in [4.69, 9.17) is 4.74 Å². The highest BCUT2D eigenvalue weighted by molar-refractivity contribution is 7.13. The minimum absolute atomic E-state index is 0.0684. The molecule has 2 aliphatic rings. The highest BCUT2D eigenvalue weighted by Crippen LogP contribution is 2.40. The van der Waals surface area contributed by atoms with Gasteiger partial charge in [-0.05, 0) is 61.9 Å². The number of likely N-dealkylation sites (tertiary alicyclic amines) is 1. The second kappa shape index (κ2) is 19.5. The van der Waals surface area contributed by atoms with Gasteiger partial charge in [-0.15, -0.1) is 11.3 Å². The highest BCUT2D eigenvalue weighted by Gasteiger charge is 2.57. The van der Waals surface area contributed by atoms with Crippen molar-refractivity contribution in [1.29, 1.82) is 5.26 Å². The monoisotopic (exact) mass is 859 g/mol. The lowest BCUT2D eigenvalue weighted by molar-refractivity contribution is -0.142. The maximum absolute atomic E-state index is 14.2. The van der Waals surface area contributed by atoms with Crippen molar-refractivity contribution in [3.8, 4) is 16.5 Å². The van der Waals surface area contributed by atoms with Gasteiger partial charge in [0.25, 0.3) is 0 Å². The number of ether oxygens (including phenoxy) is 1. The number of unbranched alkanes of at least 4 members (excludes halogenated alkanes) is 2. The number of nitrogens with zero attached hydrogens (tertiary/aromatic N) is 6. The van der Waals surface area contributed by atoms with Gasteiger partial charge in [0, 0.05) is 25.4 Å². The predicted octanol–water partition coefficient (Wildman–Crippen LogP) is 2.77. The molecule has 0 saturated carbocycles. The molecule has 6 rings (SSSR count). The van der Waals surface area contributed by atoms with Crippen LogP contribution in [0.3, 0.4) is 0 Å². The molecule has 2 fully saturated rings. The van der Waals surface area contributed by atoms with E-state index in [2.05, 4.69) is 31.0 Å². The molecule has 2 aliphatic heterocycles. The summed E-state index contributed by atoms with van der Waals surface area (Å²) in [5, 5.41) is 65.7. The zero-order valence-electron chi connectivity index (χ0n) is 35.2. The second-order valence-electron chi connectivity index (χ2n) is 17.1. The Balaban J connectivity index is 1.02. The van der Waals surface area contributed by atoms with Crippen LogP contribution in [0.1, 0.15) is 89.2 Å². The maximum Gasteiger partial charge on any atom is 0.243 e. The first-order chi connectivity index (χ1) is 29.1. The molecule has 0 aliphatic carbocycles. The van der Waals surface area contributed by atoms with E-state index in [0.29, 0.717) is 24.3 Å². The zero-order chi connectivity index (χ0) is 44.1. The van der Waals surface area contributed by atoms with Crippen LogP contribution in [0.5, 0.6) is 0 Å². The molecule has 1 unspecified atom stereocenters. The van der Waals surface area contributed by atoms with Gasteiger partial charge >= 0.3 is 0 Å². The van der Waals surface area contributed by atoms with Gasteiger partial charge in [-0.1, -0.05) is 57.9 Å². The third kappa shape index (κ3) is 9.78. The van der Waals surface area contributed by atoms with Gasteiger partial charge < -0.3 is 50.8 Å². The Bertz CT molecular complexity index is 2190. The number of aliphatic hydroxyl groups excluding tert-OH is 4. The lowest BCUT2D eigenvalue weighted by Crippen LogP contribution is -2.56. The average Bonchev–Trinajstić information content (AvgIpc) is 4.02. The predicted molar refractivity (Wildman–Crippen MR) is 227 cm³/mol. The van der Waals surface area contributed by atoms with Crippen LogP contribution in [-0.2, 0) is 24.7 Å². The molecule has 5 heterocycles. The summed E-state index contributed by atoms with van der Waals surface area (Å²) in [7, 11) is 0. The first-order valence-corrected chi connectivity index (χ1v) is 21.6. The number of fused-ring (bicyclic) bond motifs is 1. The van der Waals surface area contributed by atoms with Gasteiger partial charge in [-0.3, -0.25) is 9.59 Å². The number of aliphatic hydroxyl groups is 4. The fourth-order valence-electron chi connectivity index (χ4n) is 8.28. The minimum atomic E-state index is -1.99. The lowest BCUT2D eigenvalue weighted by Gasteiger charge is -2.35. The number of benzene rings is 1. The molecule has 0 radical (unpaired) electrons. The molecule has 328 valence electrons. The van der Waals surface area contributed by atoms with E-state index < -0.39 is 54.1 Å². The van der Waals surface area contributed by atoms with Crippen molar-refractivity contribution >= 4 is 40.8 Å². The van der Waals surface area contributed by atoms with E-state index in [9.17, 15) is 40.1 Å². The van der Waals surface area contributed by atoms with Crippen LogP contribution in [0.2, 0.25) is 0 Å². The van der Waals surface area contributed by atoms with Crippen molar-refractivity contribution in [3.05, 3.63) is 65.2 Å². The number of amides is 2. The number of hydrogen-bond donors (Lipinski definition) is 7. The average molecular weight is 860 g/mol. The number of aryl methyl sites for hydroxylation is 1. The van der Waals surface area contributed by atoms with Gasteiger partial charge in [0.05, 0.1) is 46.6 Å². The Labute approximate surface area is 359 Å². The number of aldehydes is 1. The Morgan fingerprint density at radius 3 is 2.51 bits per heavy atom. The number of nitrogens with one attached hydrogen (secondary N) is 3. The Morgan fingerprint density at radius 2 is 1.87 bits per heavy atom. The summed E-state index contributed by atoms with van der Waals surface area (Å²) in [5.74, 6) is -0.152. The molecule has 4 aromatic rings. The molecule has 9 atom stereocenters. The van der Waals surface area contributed by atoms with Crippen molar-refractivity contribution in [2.45, 2.75) is 127 Å². The van der Waals surface area contributed by atoms with Crippen LogP contribution in [0.4, 0.5) is 5.82 Å². The molecule has 61 heavy (non-hydrogen) atoms. The highest BCUT2D eigenvalue weighted by atomic mass is 32.1. The maximum atomic E-state index is 14.2. The number of carbonyl (C=O) groups is 3. The Kier molecular flexibility index (Phi) is 14.6. The number of hydrogen-bond acceptors (Lipinski definition) is 15. The molecule has 18 heteroatoms. The smallest absolute Gasteiger partial charge is 0.243 e. The fraction of sp³-hybridized carbons (Fsp3) is 0.558. The van der Waals surface area contributed by atoms with E-state index in [1.54, 1.807) is 23.5 Å². The number of β-amino-alcohol motifs (C(OH)–C–C–N with tert-alkyl or cyclic N) is 1. The number of thiazole rings is 1. The van der Waals surface area contributed by atoms with E-state index in [1.807, 2.05) is 70.5 Å². The summed E-state index contributed by atoms with van der Waals surface area (Å²) in [4.78, 5) is 50.9. The van der Waals surface area contributed by atoms with Crippen LogP contribution in [0.25, 0.3) is 16.0 Å². The van der Waals surface area contributed by atoms with Crippen molar-refractivity contribution in [2.75, 3.05) is 25.0 Å². The van der Waals surface area contributed by atoms with Crippen LogP contribution < -0.4 is 16.0 Å². The summed E-state index contributed by atoms with van der Waals surface area (Å²) in [6.07, 6.45) is 0.222. The third-order valence-corrected chi connectivity index (χ3v) is 12.7. The number of aromatic nitrogens is 4. The SMILES string of the molecule is Cc1ncsc1-c1ccc([C@H](C)NC(=O)[C@@H]2C[C@@H](O)CN2C(=O)[C@@H](NCCCCCC(CC=O)Nc2ncnn3c([C@]4(C#N)O[C@H](CO)[C@H](O)[C@@H]4O)ccc23)C(C)(C)C)cc1. The summed E-state index contributed by atoms with van der Waals surface area (Å²) in [6, 6.07) is 11.1. The number of carbonyl (C=O) groups excluding carboxylic acids is 3. The number of anilines is 1. The molecule has 17 nitrogen and oxygen atoms in total. The largest absolute Gasteiger partial charge is 0.394 e. The van der Waals surface area contributed by atoms with Crippen LogP contribution >= 0.6 is 11.3 Å². The standard InChI is InChI=1S/C43H57N9O8S/c1-25(27-10-12-28(13-11-27)36-26(2)47-24-61-36)49-40(58)32-19-30(55)20-51(32)41(59)37(42(3,4)5)45-17-8-6-7-9-29(16-18-53)50-39-31-14-15-34(52(31)48-23-46-39)43(22-44)38(57)35(56)33(21-54)60-43/h10-15,18,23-25,29-30,32-33,35,37-38,45,54-57H,6-9,16-17,19-21H2,1-5H3,(H,49,58)(H,46,48,50)/t25-,29?,30+,32-,33+,35-,37+,38-,43-/m0/s1. The number of nitriles is 1. The van der Waals surface area contributed by atoms with Gasteiger partial charge in [0.1, 0.15) is 48.6 Å². The molecule has 7 N–H and O–H groups in total. The van der Waals surface area contributed by atoms with Gasteiger partial charge in [0.15, 0.2) is 5.82 Å². The van der Waals surface area contributed by atoms with Gasteiger partial charge in [0.2, 0.25) is 17.4 Å². The topological polar surface area (TPSA) is 248 Å². The summed E-state index contributed by atoms with van der Waals surface area (Å²) < 4.78 is 7.07. The Morgan fingerprint density at radius 1 is 1.11 bits per heavy atom. The van der Waals surface area contributed by atoms with Crippen molar-refractivity contribution in [1.82, 2.24) is 35.1 Å². The molecule has 2 amide bonds. The molecule has 3 aromatic heterocycles. The van der Waals surface area contributed by atoms with Gasteiger partial charge in [-0.2, -0.15) is 10.4 Å². The molecule has 0 bridgehead atoms. The normalized spacial score (nSPS) is 24.3. The molecular formula is C43H57N9O8S. The summed E-state index contributed by atoms with van der Waals surface area (Å²) in [6.45, 7) is 9.78. The van der Waals surface area contributed by atoms with Crippen LogP contribution in [0.15, 0.2) is 48.2 Å². The summed E-state index contributed by atoms with van der Waals surface area (Å²) in [5.41, 5.74) is 2.89. The molecule has 1 aromatic carbocycles. The second-order valence-corrected chi connectivity index (χ2v) is 18.0. The van der Waals surface area contributed by atoms with Gasteiger partial charge in [-0.25, -0.2) is 14.5 Å². The van der Waals surface area contributed by atoms with Crippen LogP contribution in [-0.4, -0.2) is 125 Å². The summed E-state index contributed by atoms with van der Waals surface area (Å²) >= 11 is 1.58. The molecule has 2 saturated heterocycles. The molecular weight excluding hydrogens is 803 g/mol. The zero-order valence-corrected chi connectivity index (χ0v) is 36.0. The fourth-order valence-corrected chi connectivity index (χ4v) is 9.09. The lowest BCUT2D eigenvalue weighted by atomic mass is 9.85. The quantitative estimate of drug-likeness (QED) is 0.0562. The third-order valence-electron chi connectivity index (χ3n) is 11.7. The first kappa shape index (κ1) is 45.7. The molecule has 0 spiro atoms. The van der Waals surface area contributed by atoms with E-state index in [0.717, 1.165) is 47.2 Å². The van der Waals surface area contributed by atoms with Crippen molar-refractivity contribution in [2.24, 2.45) is 5.41 Å². The van der Waals surface area contributed by atoms with Crippen LogP contribution in [0, 0.1) is 23.7 Å². The van der Waals surface area contributed by atoms with Crippen molar-refractivity contribution in [3.63, 3.8) is 0 Å². The van der Waals surface area contributed by atoms with E-state index in [-0.39, 0.29) is 49.0 Å². The van der Waals surface area contributed by atoms with E-state index >= 15 is 0 Å².